The van der Waals surface area contributed by atoms with E-state index in [0.717, 1.165) is 12.6 Å². The summed E-state index contributed by atoms with van der Waals surface area (Å²) in [6.07, 6.45) is 3.91. The van der Waals surface area contributed by atoms with Crippen LogP contribution in [0.25, 0.3) is 0 Å². The number of rotatable bonds is 16. The molecule has 0 bridgehead atoms. The van der Waals surface area contributed by atoms with E-state index in [0.29, 0.717) is 51.7 Å². The highest BCUT2D eigenvalue weighted by atomic mass is 28.4. The van der Waals surface area contributed by atoms with Crippen LogP contribution in [0.2, 0.25) is 12.1 Å². The Bertz CT molecular complexity index is 347. The SMILES string of the molecule is CCO[Si](CC(=O)CCCC=O)(CC(=O)CCCC=O)OCC. The third-order valence-corrected chi connectivity index (χ3v) is 6.80. The Kier molecular flexibility index (Phi) is 12.6. The molecular formula is C16H28O6Si. The Labute approximate surface area is 139 Å². The molecule has 0 radical (unpaired) electrons. The minimum atomic E-state index is -2.92. The van der Waals surface area contributed by atoms with E-state index in [4.69, 9.17) is 8.85 Å². The fraction of sp³-hybridized carbons (Fsp3) is 0.750. The molecule has 23 heavy (non-hydrogen) atoms. The fourth-order valence-corrected chi connectivity index (χ4v) is 5.60. The molecule has 0 amide bonds. The van der Waals surface area contributed by atoms with Gasteiger partial charge >= 0.3 is 8.56 Å². The van der Waals surface area contributed by atoms with Gasteiger partial charge in [-0.05, 0) is 26.7 Å². The van der Waals surface area contributed by atoms with Crippen molar-refractivity contribution in [3.8, 4) is 0 Å². The maximum atomic E-state index is 12.1. The van der Waals surface area contributed by atoms with E-state index in [-0.39, 0.29) is 23.7 Å². The molecule has 0 aromatic rings. The van der Waals surface area contributed by atoms with E-state index in [1.807, 2.05) is 13.8 Å². The average Bonchev–Trinajstić information content (AvgIpc) is 2.48. The van der Waals surface area contributed by atoms with E-state index in [2.05, 4.69) is 0 Å². The first-order valence-electron chi connectivity index (χ1n) is 8.22. The summed E-state index contributed by atoms with van der Waals surface area (Å²) in [4.78, 5) is 44.9. The zero-order valence-electron chi connectivity index (χ0n) is 14.2. The number of carbonyl (C=O) groups is 4. The van der Waals surface area contributed by atoms with Crippen molar-refractivity contribution in [3.05, 3.63) is 0 Å². The first-order valence-corrected chi connectivity index (χ1v) is 10.4. The number of Topliss-reactive ketones (excluding diaryl/α,β-unsaturated/α-hetero) is 2. The molecule has 6 nitrogen and oxygen atoms in total. The van der Waals surface area contributed by atoms with Crippen molar-refractivity contribution in [1.29, 1.82) is 0 Å². The third-order valence-electron chi connectivity index (χ3n) is 3.30. The first-order chi connectivity index (χ1) is 11.0. The van der Waals surface area contributed by atoms with Crippen molar-refractivity contribution in [2.75, 3.05) is 13.2 Å². The number of carbonyl (C=O) groups excluding carboxylic acids is 4. The van der Waals surface area contributed by atoms with Gasteiger partial charge in [0.15, 0.2) is 0 Å². The molecule has 0 atom stereocenters. The van der Waals surface area contributed by atoms with Gasteiger partial charge in [-0.1, -0.05) is 0 Å². The molecule has 0 aliphatic heterocycles. The van der Waals surface area contributed by atoms with Crippen molar-refractivity contribution in [2.24, 2.45) is 0 Å². The molecule has 0 saturated heterocycles. The molecule has 0 aromatic heterocycles. The summed E-state index contributed by atoms with van der Waals surface area (Å²) in [5.74, 6) is -0.0535. The number of ketones is 2. The lowest BCUT2D eigenvalue weighted by molar-refractivity contribution is -0.117. The van der Waals surface area contributed by atoms with Gasteiger partial charge in [-0.2, -0.15) is 0 Å². The Morgan fingerprint density at radius 1 is 0.826 bits per heavy atom. The average molecular weight is 344 g/mol. The lowest BCUT2D eigenvalue weighted by Gasteiger charge is -2.29. The molecule has 0 N–H and O–H groups in total. The lowest BCUT2D eigenvalue weighted by atomic mass is 10.2. The van der Waals surface area contributed by atoms with Gasteiger partial charge in [-0.15, -0.1) is 0 Å². The largest absolute Gasteiger partial charge is 0.394 e. The van der Waals surface area contributed by atoms with Crippen LogP contribution < -0.4 is 0 Å². The molecule has 0 aliphatic rings. The standard InChI is InChI=1S/C16H28O6Si/c1-3-21-23(22-4-2,13-15(19)9-5-7-11-17)14-16(20)10-6-8-12-18/h11-12H,3-10,13-14H2,1-2H3. The van der Waals surface area contributed by atoms with Gasteiger partial charge < -0.3 is 18.4 Å². The summed E-state index contributed by atoms with van der Waals surface area (Å²) in [6.45, 7) is 4.40. The van der Waals surface area contributed by atoms with Crippen LogP contribution >= 0.6 is 0 Å². The molecule has 0 fully saturated rings. The third kappa shape index (κ3) is 10.2. The predicted molar refractivity (Wildman–Crippen MR) is 88.5 cm³/mol. The summed E-state index contributed by atoms with van der Waals surface area (Å²) in [7, 11) is -2.92. The highest BCUT2D eigenvalue weighted by Gasteiger charge is 2.41. The highest BCUT2D eigenvalue weighted by molar-refractivity contribution is 6.73. The monoisotopic (exact) mass is 344 g/mol. The van der Waals surface area contributed by atoms with Crippen molar-refractivity contribution in [3.63, 3.8) is 0 Å². The molecule has 0 unspecified atom stereocenters. The number of hydrogen-bond donors (Lipinski definition) is 0. The van der Waals surface area contributed by atoms with E-state index < -0.39 is 8.56 Å². The second kappa shape index (κ2) is 13.3. The summed E-state index contributed by atoms with van der Waals surface area (Å²) in [5, 5.41) is 0. The quantitative estimate of drug-likeness (QED) is 0.243. The summed E-state index contributed by atoms with van der Waals surface area (Å²) >= 11 is 0. The minimum Gasteiger partial charge on any atom is -0.394 e. The van der Waals surface area contributed by atoms with Crippen molar-refractivity contribution in [1.82, 2.24) is 0 Å². The minimum absolute atomic E-state index is 0.0268. The number of hydrogen-bond acceptors (Lipinski definition) is 6. The van der Waals surface area contributed by atoms with E-state index in [1.165, 1.54) is 0 Å². The van der Waals surface area contributed by atoms with Gasteiger partial charge in [0.2, 0.25) is 0 Å². The van der Waals surface area contributed by atoms with Crippen LogP contribution in [0.15, 0.2) is 0 Å². The summed E-state index contributed by atoms with van der Waals surface area (Å²) < 4.78 is 11.5. The Morgan fingerprint density at radius 2 is 1.22 bits per heavy atom. The van der Waals surface area contributed by atoms with Crippen LogP contribution in [0.5, 0.6) is 0 Å². The van der Waals surface area contributed by atoms with Gasteiger partial charge in [0.05, 0.1) is 12.1 Å². The number of aldehydes is 2. The second-order valence-corrected chi connectivity index (χ2v) is 8.43. The topological polar surface area (TPSA) is 86.7 Å². The molecule has 0 aliphatic carbocycles. The Morgan fingerprint density at radius 3 is 1.52 bits per heavy atom. The molecular weight excluding hydrogens is 316 g/mol. The van der Waals surface area contributed by atoms with Crippen LogP contribution in [0, 0.1) is 0 Å². The molecule has 0 aromatic carbocycles. The lowest BCUT2D eigenvalue weighted by Crippen LogP contribution is -2.46. The van der Waals surface area contributed by atoms with Gasteiger partial charge in [0, 0.05) is 38.9 Å². The zero-order valence-corrected chi connectivity index (χ0v) is 15.2. The maximum absolute atomic E-state index is 12.1. The molecule has 7 heteroatoms. The van der Waals surface area contributed by atoms with E-state index >= 15 is 0 Å². The first kappa shape index (κ1) is 21.8. The number of unbranched alkanes of at least 4 members (excludes halogenated alkanes) is 2. The molecule has 0 spiro atoms. The van der Waals surface area contributed by atoms with Crippen molar-refractivity contribution < 1.29 is 28.0 Å². The van der Waals surface area contributed by atoms with Crippen LogP contribution in [0.1, 0.15) is 52.4 Å². The molecule has 132 valence electrons. The van der Waals surface area contributed by atoms with Gasteiger partial charge in [0.1, 0.15) is 24.1 Å². The van der Waals surface area contributed by atoms with E-state index in [1.54, 1.807) is 0 Å². The molecule has 0 saturated carbocycles. The fourth-order valence-electron chi connectivity index (χ4n) is 2.38. The van der Waals surface area contributed by atoms with Crippen LogP contribution in [-0.4, -0.2) is 45.9 Å². The maximum Gasteiger partial charge on any atom is 0.353 e. The normalized spacial score (nSPS) is 11.2. The van der Waals surface area contributed by atoms with E-state index in [9.17, 15) is 19.2 Å². The summed E-state index contributed by atoms with van der Waals surface area (Å²) in [5.41, 5.74) is 0. The van der Waals surface area contributed by atoms with Crippen molar-refractivity contribution >= 4 is 32.7 Å². The Hall–Kier alpha value is -1.18. The van der Waals surface area contributed by atoms with Crippen LogP contribution in [0.3, 0.4) is 0 Å². The Balaban J connectivity index is 4.77. The highest BCUT2D eigenvalue weighted by Crippen LogP contribution is 2.23. The van der Waals surface area contributed by atoms with Crippen molar-refractivity contribution in [2.45, 2.75) is 64.5 Å². The van der Waals surface area contributed by atoms with Gasteiger partial charge in [0.25, 0.3) is 0 Å². The smallest absolute Gasteiger partial charge is 0.353 e. The second-order valence-electron chi connectivity index (χ2n) is 5.33. The molecule has 0 rings (SSSR count). The summed E-state index contributed by atoms with van der Waals surface area (Å²) in [6, 6.07) is 0.264. The van der Waals surface area contributed by atoms with Crippen LogP contribution in [-0.2, 0) is 28.0 Å². The van der Waals surface area contributed by atoms with Gasteiger partial charge in [-0.3, -0.25) is 9.59 Å². The predicted octanol–water partition coefficient (Wildman–Crippen LogP) is 2.38. The van der Waals surface area contributed by atoms with Crippen LogP contribution in [0.4, 0.5) is 0 Å². The van der Waals surface area contributed by atoms with Gasteiger partial charge in [-0.25, -0.2) is 0 Å². The molecule has 0 heterocycles. The zero-order chi connectivity index (χ0) is 17.6.